The van der Waals surface area contributed by atoms with Gasteiger partial charge < -0.3 is 10.0 Å². The molecule has 0 amide bonds. The van der Waals surface area contributed by atoms with Crippen LogP contribution in [0.5, 0.6) is 0 Å². The van der Waals surface area contributed by atoms with Crippen molar-refractivity contribution in [3.8, 4) is 0 Å². The lowest BCUT2D eigenvalue weighted by atomic mass is 10.2. The van der Waals surface area contributed by atoms with Gasteiger partial charge in [0.2, 0.25) is 0 Å². The van der Waals surface area contributed by atoms with Gasteiger partial charge in [0.15, 0.2) is 0 Å². The molecule has 0 aliphatic heterocycles. The minimum absolute atomic E-state index is 0.0301. The molecule has 1 aromatic carbocycles. The molecule has 0 fully saturated rings. The number of para-hydroxylation sites is 1. The Kier molecular flexibility index (Phi) is 5.25. The van der Waals surface area contributed by atoms with Gasteiger partial charge in [0.1, 0.15) is 0 Å². The second kappa shape index (κ2) is 7.15. The molecule has 0 atom stereocenters. The highest BCUT2D eigenvalue weighted by Gasteiger charge is 2.11. The molecule has 0 aliphatic carbocycles. The molecular weight excluding hydrogens is 266 g/mol. The molecule has 1 aromatic heterocycles. The summed E-state index contributed by atoms with van der Waals surface area (Å²) >= 11 is 0. The molecule has 0 spiro atoms. The molecule has 2 rings (SSSR count). The van der Waals surface area contributed by atoms with E-state index in [4.69, 9.17) is 5.11 Å². The van der Waals surface area contributed by atoms with Gasteiger partial charge in [-0.25, -0.2) is 0 Å². The van der Waals surface area contributed by atoms with E-state index in [0.29, 0.717) is 13.1 Å². The van der Waals surface area contributed by atoms with E-state index in [1.165, 1.54) is 0 Å². The number of pyridine rings is 1. The first-order chi connectivity index (χ1) is 10.0. The van der Waals surface area contributed by atoms with Crippen LogP contribution in [0.3, 0.4) is 0 Å². The summed E-state index contributed by atoms with van der Waals surface area (Å²) in [4.78, 5) is 19.5. The van der Waals surface area contributed by atoms with E-state index >= 15 is 0 Å². The Labute approximate surface area is 124 Å². The predicted molar refractivity (Wildman–Crippen MR) is 83.2 cm³/mol. The highest BCUT2D eigenvalue weighted by atomic mass is 16.4. The van der Waals surface area contributed by atoms with Crippen LogP contribution in [0, 0.1) is 0 Å². The Bertz CT molecular complexity index is 613. The van der Waals surface area contributed by atoms with Crippen molar-refractivity contribution < 1.29 is 9.90 Å². The van der Waals surface area contributed by atoms with Crippen LogP contribution >= 0.6 is 0 Å². The molecule has 0 aliphatic rings. The second-order valence-electron chi connectivity index (χ2n) is 5.40. The van der Waals surface area contributed by atoms with Crippen LogP contribution in [0.4, 0.5) is 0 Å². The van der Waals surface area contributed by atoms with E-state index < -0.39 is 5.97 Å². The Morgan fingerprint density at radius 1 is 1.14 bits per heavy atom. The number of carbonyl (C=O) groups is 1. The number of carboxylic acid groups (broad SMARTS) is 1. The SMILES string of the molecule is CN(C)CCN(CC(=O)O)Cc1ccc2ccccc2n1. The Morgan fingerprint density at radius 2 is 1.90 bits per heavy atom. The van der Waals surface area contributed by atoms with Gasteiger partial charge >= 0.3 is 5.97 Å². The molecule has 0 saturated heterocycles. The standard InChI is InChI=1S/C16H21N3O2/c1-18(2)9-10-19(12-16(20)21)11-14-8-7-13-5-3-4-6-15(13)17-14/h3-8H,9-12H2,1-2H3,(H,20,21). The average molecular weight is 287 g/mol. The minimum Gasteiger partial charge on any atom is -0.480 e. The van der Waals surface area contributed by atoms with Crippen LogP contribution in [0.2, 0.25) is 0 Å². The number of hydrogen-bond donors (Lipinski definition) is 1. The van der Waals surface area contributed by atoms with E-state index in [-0.39, 0.29) is 6.54 Å². The Balaban J connectivity index is 2.10. The summed E-state index contributed by atoms with van der Waals surface area (Å²) in [5, 5.41) is 10.1. The molecule has 112 valence electrons. The number of nitrogens with zero attached hydrogens (tertiary/aromatic N) is 3. The third-order valence-corrected chi connectivity index (χ3v) is 3.26. The first-order valence-corrected chi connectivity index (χ1v) is 6.98. The number of fused-ring (bicyclic) bond motifs is 1. The Morgan fingerprint density at radius 3 is 2.62 bits per heavy atom. The summed E-state index contributed by atoms with van der Waals surface area (Å²) in [5.41, 5.74) is 1.84. The Hall–Kier alpha value is -1.98. The van der Waals surface area contributed by atoms with Gasteiger partial charge in [-0.1, -0.05) is 24.3 Å². The molecule has 0 unspecified atom stereocenters. The lowest BCUT2D eigenvalue weighted by Gasteiger charge is -2.22. The molecule has 21 heavy (non-hydrogen) atoms. The highest BCUT2D eigenvalue weighted by molar-refractivity contribution is 5.78. The first kappa shape index (κ1) is 15.4. The van der Waals surface area contributed by atoms with Crippen molar-refractivity contribution in [2.75, 3.05) is 33.7 Å². The number of benzene rings is 1. The minimum atomic E-state index is -0.811. The molecule has 5 heteroatoms. The van der Waals surface area contributed by atoms with E-state index in [9.17, 15) is 4.79 Å². The molecule has 1 heterocycles. The van der Waals surface area contributed by atoms with Crippen LogP contribution in [-0.2, 0) is 11.3 Å². The number of aliphatic carboxylic acids is 1. The largest absolute Gasteiger partial charge is 0.480 e. The maximum Gasteiger partial charge on any atom is 0.317 e. The zero-order valence-corrected chi connectivity index (χ0v) is 12.5. The summed E-state index contributed by atoms with van der Waals surface area (Å²) in [6.45, 7) is 2.10. The fourth-order valence-electron chi connectivity index (χ4n) is 2.17. The third-order valence-electron chi connectivity index (χ3n) is 3.26. The summed E-state index contributed by atoms with van der Waals surface area (Å²) in [5.74, 6) is -0.811. The maximum absolute atomic E-state index is 11.0. The summed E-state index contributed by atoms with van der Waals surface area (Å²) in [6.07, 6.45) is 0. The van der Waals surface area contributed by atoms with Crippen LogP contribution in [-0.4, -0.2) is 59.6 Å². The van der Waals surface area contributed by atoms with Gasteiger partial charge in [-0.2, -0.15) is 0 Å². The van der Waals surface area contributed by atoms with Crippen LogP contribution in [0.25, 0.3) is 10.9 Å². The molecule has 0 radical (unpaired) electrons. The average Bonchev–Trinajstić information content (AvgIpc) is 2.44. The summed E-state index contributed by atoms with van der Waals surface area (Å²) in [6, 6.07) is 11.9. The number of carboxylic acids is 1. The zero-order chi connectivity index (χ0) is 15.2. The van der Waals surface area contributed by atoms with Gasteiger partial charge in [0.25, 0.3) is 0 Å². The van der Waals surface area contributed by atoms with E-state index in [0.717, 1.165) is 23.1 Å². The molecule has 5 nitrogen and oxygen atoms in total. The first-order valence-electron chi connectivity index (χ1n) is 6.98. The van der Waals surface area contributed by atoms with E-state index in [2.05, 4.69) is 4.98 Å². The zero-order valence-electron chi connectivity index (χ0n) is 12.5. The number of hydrogen-bond acceptors (Lipinski definition) is 4. The van der Waals surface area contributed by atoms with Gasteiger partial charge in [0.05, 0.1) is 17.8 Å². The van der Waals surface area contributed by atoms with Crippen LogP contribution in [0.15, 0.2) is 36.4 Å². The van der Waals surface area contributed by atoms with Crippen LogP contribution < -0.4 is 0 Å². The fourth-order valence-corrected chi connectivity index (χ4v) is 2.17. The van der Waals surface area contributed by atoms with Crippen molar-refractivity contribution in [3.63, 3.8) is 0 Å². The van der Waals surface area contributed by atoms with Crippen molar-refractivity contribution >= 4 is 16.9 Å². The van der Waals surface area contributed by atoms with E-state index in [1.807, 2.05) is 60.3 Å². The third kappa shape index (κ3) is 4.81. The fraction of sp³-hybridized carbons (Fsp3) is 0.375. The van der Waals surface area contributed by atoms with Crippen molar-refractivity contribution in [2.45, 2.75) is 6.54 Å². The summed E-state index contributed by atoms with van der Waals surface area (Å²) < 4.78 is 0. The monoisotopic (exact) mass is 287 g/mol. The van der Waals surface area contributed by atoms with Gasteiger partial charge in [-0.3, -0.25) is 14.7 Å². The lowest BCUT2D eigenvalue weighted by Crippen LogP contribution is -2.35. The van der Waals surface area contributed by atoms with Crippen molar-refractivity contribution in [1.29, 1.82) is 0 Å². The number of rotatable bonds is 7. The molecule has 0 saturated carbocycles. The highest BCUT2D eigenvalue weighted by Crippen LogP contribution is 2.13. The van der Waals surface area contributed by atoms with Crippen molar-refractivity contribution in [1.82, 2.24) is 14.8 Å². The number of likely N-dealkylation sites (N-methyl/N-ethyl adjacent to an activating group) is 1. The molecule has 0 bridgehead atoms. The molecule has 1 N–H and O–H groups in total. The maximum atomic E-state index is 11.0. The van der Waals surface area contributed by atoms with Gasteiger partial charge in [-0.15, -0.1) is 0 Å². The van der Waals surface area contributed by atoms with Gasteiger partial charge in [-0.05, 0) is 26.2 Å². The smallest absolute Gasteiger partial charge is 0.317 e. The van der Waals surface area contributed by atoms with Crippen molar-refractivity contribution in [3.05, 3.63) is 42.1 Å². The molecular formula is C16H21N3O2. The summed E-state index contributed by atoms with van der Waals surface area (Å²) in [7, 11) is 3.96. The lowest BCUT2D eigenvalue weighted by molar-refractivity contribution is -0.138. The van der Waals surface area contributed by atoms with Gasteiger partial charge in [0, 0.05) is 25.0 Å². The predicted octanol–water partition coefficient (Wildman–Crippen LogP) is 1.68. The van der Waals surface area contributed by atoms with E-state index in [1.54, 1.807) is 0 Å². The quantitative estimate of drug-likeness (QED) is 0.839. The van der Waals surface area contributed by atoms with Crippen molar-refractivity contribution in [2.24, 2.45) is 0 Å². The number of aromatic nitrogens is 1. The topological polar surface area (TPSA) is 56.7 Å². The second-order valence-corrected chi connectivity index (χ2v) is 5.40. The molecule has 2 aromatic rings. The van der Waals surface area contributed by atoms with Crippen LogP contribution in [0.1, 0.15) is 5.69 Å². The normalized spacial score (nSPS) is 11.4.